The van der Waals surface area contributed by atoms with Crippen molar-refractivity contribution in [1.82, 2.24) is 42.5 Å². The van der Waals surface area contributed by atoms with Crippen molar-refractivity contribution in [3.63, 3.8) is 0 Å². The van der Waals surface area contributed by atoms with E-state index in [0.29, 0.717) is 17.7 Å². The van der Waals surface area contributed by atoms with Crippen molar-refractivity contribution < 1.29 is 83.5 Å². The molecule has 8 aromatic carbocycles. The minimum Gasteiger partial charge on any atom is -0.508 e. The molecule has 28 heteroatoms. The summed E-state index contributed by atoms with van der Waals surface area (Å²) in [5.41, 5.74) is 5.63. The number of carbonyl (C=O) groups is 7. The van der Waals surface area contributed by atoms with Crippen molar-refractivity contribution in [3.8, 4) is 80.1 Å². The van der Waals surface area contributed by atoms with E-state index in [4.69, 9.17) is 43.1 Å². The zero-order chi connectivity index (χ0) is 73.6. The number of aliphatic hydroxyl groups is 1. The number of hydrogen-bond donors (Lipinski definition) is 16. The Balaban J connectivity index is 1.03. The number of aliphatic hydroxyl groups excluding tert-OH is 1. The lowest BCUT2D eigenvalue weighted by Crippen LogP contribution is -2.56. The van der Waals surface area contributed by atoms with Crippen molar-refractivity contribution in [2.75, 3.05) is 6.54 Å². The second-order valence-corrected chi connectivity index (χ2v) is 26.7. The van der Waals surface area contributed by atoms with Crippen LogP contribution >= 0.6 is 23.2 Å². The van der Waals surface area contributed by atoms with Crippen LogP contribution in [0.5, 0.6) is 69.0 Å². The summed E-state index contributed by atoms with van der Waals surface area (Å²) < 4.78 is 18.7. The Bertz CT molecular complexity index is 4680. The van der Waals surface area contributed by atoms with Crippen LogP contribution in [0.3, 0.4) is 0 Å². The number of nitrogens with two attached hydrogens (primary N) is 1. The average molecular weight is 1460 g/mol. The first kappa shape index (κ1) is 72.5. The topological polar surface area (TPSA) is 411 Å². The van der Waals surface area contributed by atoms with Gasteiger partial charge in [-0.2, -0.15) is 0 Å². The number of phenols is 6. The summed E-state index contributed by atoms with van der Waals surface area (Å²) >= 11 is 14.0. The Hall–Kier alpha value is -11.3. The van der Waals surface area contributed by atoms with Gasteiger partial charge in [-0.05, 0) is 136 Å². The number of benzene rings is 8. The molecular weight excluding hydrogens is 1380 g/mol. The zero-order valence-corrected chi connectivity index (χ0v) is 57.4. The number of fused-ring (bicyclic) bond motifs is 14. The van der Waals surface area contributed by atoms with Gasteiger partial charge in [-0.15, -0.1) is 0 Å². The van der Waals surface area contributed by atoms with Crippen molar-refractivity contribution >= 4 is 64.6 Å². The molecule has 6 heterocycles. The number of aromatic hydroxyl groups is 6. The van der Waals surface area contributed by atoms with E-state index in [0.717, 1.165) is 87.8 Å². The van der Waals surface area contributed by atoms with Gasteiger partial charge in [0.05, 0.1) is 15.6 Å². The highest BCUT2D eigenvalue weighted by molar-refractivity contribution is 6.32. The molecule has 8 aromatic rings. The summed E-state index contributed by atoms with van der Waals surface area (Å²) in [6.45, 7) is 2.33. The highest BCUT2D eigenvalue weighted by Crippen LogP contribution is 2.49. The Morgan fingerprint density at radius 1 is 0.519 bits per heavy atom. The number of phenolic OH excluding ortho intramolecular Hbond substituents is 6. The van der Waals surface area contributed by atoms with Crippen molar-refractivity contribution in [2.24, 2.45) is 5.73 Å². The molecule has 1 unspecified atom stereocenters. The number of hydrogen-bond acceptors (Lipinski definition) is 19. The smallest absolute Gasteiger partial charge is 0.248 e. The standard InChI is InChI=1S/C76H75Cl2N9O17/c1-2-3-4-5-6-7-8-12-23-80-36-48-54(91)34-47-60(68(48)93)46-28-40(17-19-52(46)89)62-73(98)87-66(76(101)86-65(47)72(97)81-35-37-13-10-9-11-14-37)67(92)41-18-22-56(50(78)29-41)104-59-32-43-31-58(69(59)94)103-55-21-15-38(24-49(55)77)25-51-70(95)83-63(74(99)85-64(43)75(100)84-62)42-26-44(88)33-45(27-42)102-57-30-39(16-20-53(57)90)61(79)71(96)82-51/h9-11,13-22,24,26-34,51,61-67,80,88-94H,2-8,12,23,25,35-36,79H2,1H3,(H,81,97)(H,82,96)(H,83,95)(H,84,100)(H,85,99)(H,86,101)(H,87,98)/t51-,61+,62-,63-,64-,65-,66-,67?/m0/s1. The van der Waals surface area contributed by atoms with E-state index in [1.54, 1.807) is 30.3 Å². The Labute approximate surface area is 605 Å². The zero-order valence-electron chi connectivity index (χ0n) is 55.9. The second-order valence-electron chi connectivity index (χ2n) is 25.9. The van der Waals surface area contributed by atoms with E-state index in [2.05, 4.69) is 49.5 Å². The van der Waals surface area contributed by atoms with Gasteiger partial charge in [0.1, 0.15) is 88.6 Å². The van der Waals surface area contributed by atoms with Crippen LogP contribution in [-0.4, -0.2) is 95.7 Å². The van der Waals surface area contributed by atoms with Crippen LogP contribution < -0.4 is 62.5 Å². The fourth-order valence-corrected chi connectivity index (χ4v) is 13.4. The van der Waals surface area contributed by atoms with Gasteiger partial charge in [0.25, 0.3) is 0 Å². The molecule has 0 spiro atoms. The van der Waals surface area contributed by atoms with Crippen LogP contribution in [-0.2, 0) is 53.1 Å². The Morgan fingerprint density at radius 2 is 1.12 bits per heavy atom. The van der Waals surface area contributed by atoms with Gasteiger partial charge >= 0.3 is 0 Å². The SMILES string of the molecule is CCCCCCCCCCNCc1c(O)cc2c(c1O)-c1cc(ccc1O)[C@@H]1NC(=O)[C@H]3NC(=O)[C@H]4NC(=O)[C@H](Cc5ccc(c(Cl)c5)Oc5cc3cc(c5O)Oc3ccc(cc3Cl)C(O)[C@H](NC1=O)C(=O)N[C@@H]2C(=O)NCc1ccccc1)NC(=O)[C@H](N)c1ccc(O)c(c1)Oc1cc(O)cc4c1. The summed E-state index contributed by atoms with van der Waals surface area (Å²) in [6.07, 6.45) is 5.82. The lowest BCUT2D eigenvalue weighted by atomic mass is 9.87. The van der Waals surface area contributed by atoms with Gasteiger partial charge in [-0.1, -0.05) is 130 Å². The summed E-state index contributed by atoms with van der Waals surface area (Å²) in [5.74, 6) is -13.3. The number of unbranched alkanes of at least 4 members (excludes halogenated alkanes) is 7. The summed E-state index contributed by atoms with van der Waals surface area (Å²) in [7, 11) is 0. The molecule has 6 aliphatic rings. The molecule has 0 fully saturated rings. The fraction of sp³-hybridized carbons (Fsp3) is 0.276. The maximum atomic E-state index is 16.1. The molecule has 7 amide bonds. The molecule has 0 radical (unpaired) electrons. The first-order chi connectivity index (χ1) is 50.0. The number of amides is 7. The maximum absolute atomic E-state index is 16.1. The largest absolute Gasteiger partial charge is 0.508 e. The van der Waals surface area contributed by atoms with Gasteiger partial charge in [0, 0.05) is 36.7 Å². The van der Waals surface area contributed by atoms with Gasteiger partial charge < -0.3 is 98.2 Å². The molecule has 14 rings (SSSR count). The summed E-state index contributed by atoms with van der Waals surface area (Å²) in [4.78, 5) is 108. The van der Waals surface area contributed by atoms with E-state index >= 15 is 28.8 Å². The summed E-state index contributed by atoms with van der Waals surface area (Å²) in [6, 6.07) is 17.4. The maximum Gasteiger partial charge on any atom is 0.248 e. The molecule has 0 aliphatic carbocycles. The van der Waals surface area contributed by atoms with E-state index in [1.807, 2.05) is 0 Å². The van der Waals surface area contributed by atoms with Crippen molar-refractivity contribution in [1.29, 1.82) is 0 Å². The van der Waals surface area contributed by atoms with Gasteiger partial charge in [0.15, 0.2) is 23.0 Å². The molecule has 0 saturated carbocycles. The van der Waals surface area contributed by atoms with Gasteiger partial charge in [0.2, 0.25) is 47.1 Å². The molecule has 540 valence electrons. The van der Waals surface area contributed by atoms with Crippen LogP contribution in [0.25, 0.3) is 11.1 Å². The predicted molar refractivity (Wildman–Crippen MR) is 380 cm³/mol. The molecule has 26 nitrogen and oxygen atoms in total. The van der Waals surface area contributed by atoms with Crippen LogP contribution in [0.1, 0.15) is 145 Å². The lowest BCUT2D eigenvalue weighted by Gasteiger charge is -2.32. The Kier molecular flexibility index (Phi) is 22.0. The monoisotopic (exact) mass is 1460 g/mol. The third-order valence-electron chi connectivity index (χ3n) is 18.6. The van der Waals surface area contributed by atoms with E-state index in [9.17, 15) is 40.5 Å². The van der Waals surface area contributed by atoms with E-state index in [-0.39, 0.29) is 103 Å². The third kappa shape index (κ3) is 16.0. The first-order valence-electron chi connectivity index (χ1n) is 33.8. The van der Waals surface area contributed by atoms with Crippen LogP contribution in [0.4, 0.5) is 0 Å². The minimum atomic E-state index is -2.17. The number of halogens is 2. The highest BCUT2D eigenvalue weighted by Gasteiger charge is 2.42. The highest BCUT2D eigenvalue weighted by atomic mass is 35.5. The van der Waals surface area contributed by atoms with Crippen LogP contribution in [0.2, 0.25) is 10.0 Å². The number of carbonyl (C=O) groups excluding carboxylic acids is 7. The summed E-state index contributed by atoms with van der Waals surface area (Å²) in [5, 5.41) is 106. The van der Waals surface area contributed by atoms with Gasteiger partial charge in [-0.3, -0.25) is 33.6 Å². The van der Waals surface area contributed by atoms with Crippen LogP contribution in [0, 0.1) is 0 Å². The number of ether oxygens (including phenoxy) is 3. The normalized spacial score (nSPS) is 20.1. The van der Waals surface area contributed by atoms with Gasteiger partial charge in [-0.25, -0.2) is 0 Å². The molecule has 8 atom stereocenters. The molecule has 0 saturated heterocycles. The minimum absolute atomic E-state index is 0.0973. The molecular formula is C76H75Cl2N9O17. The second kappa shape index (κ2) is 31.5. The van der Waals surface area contributed by atoms with Crippen LogP contribution in [0.15, 0.2) is 140 Å². The van der Waals surface area contributed by atoms with Crippen molar-refractivity contribution in [2.45, 2.75) is 126 Å². The Morgan fingerprint density at radius 3 is 1.82 bits per heavy atom. The molecule has 104 heavy (non-hydrogen) atoms. The van der Waals surface area contributed by atoms with E-state index in [1.165, 1.54) is 72.8 Å². The number of nitrogens with one attached hydrogen (secondary N) is 8. The average Bonchev–Trinajstić information content (AvgIpc) is 0.750. The van der Waals surface area contributed by atoms with Crippen molar-refractivity contribution in [3.05, 3.63) is 200 Å². The molecule has 17 bridgehead atoms. The first-order valence-corrected chi connectivity index (χ1v) is 34.6. The third-order valence-corrected chi connectivity index (χ3v) is 19.1. The molecule has 0 aromatic heterocycles. The molecule has 17 N–H and O–H groups in total. The number of rotatable bonds is 14. The van der Waals surface area contributed by atoms with E-state index < -0.39 is 136 Å². The molecule has 6 aliphatic heterocycles. The predicted octanol–water partition coefficient (Wildman–Crippen LogP) is 9.45. The fourth-order valence-electron chi connectivity index (χ4n) is 13.0. The quantitative estimate of drug-likeness (QED) is 0.0450. The lowest BCUT2D eigenvalue weighted by molar-refractivity contribution is -0.137.